The zero-order chi connectivity index (χ0) is 12.3. The summed E-state index contributed by atoms with van der Waals surface area (Å²) in [5.74, 6) is -7.60. The molecule has 0 radical (unpaired) electrons. The molecule has 1 nitrogen and oxygen atoms in total. The topological polar surface area (TPSA) is 17.1 Å². The number of carbonyl (C=O) groups excluding carboxylic acids is 1. The van der Waals surface area contributed by atoms with Crippen LogP contribution < -0.4 is 0 Å². The average Bonchev–Trinajstić information content (AvgIpc) is 2.21. The van der Waals surface area contributed by atoms with Crippen LogP contribution in [-0.2, 0) is 11.2 Å². The van der Waals surface area contributed by atoms with Crippen LogP contribution in [0.15, 0.2) is 24.3 Å². The Morgan fingerprint density at radius 2 is 1.81 bits per heavy atom. The van der Waals surface area contributed by atoms with Crippen LogP contribution in [0, 0.1) is 5.82 Å². The van der Waals surface area contributed by atoms with E-state index in [1.807, 2.05) is 0 Å². The van der Waals surface area contributed by atoms with Gasteiger partial charge in [0.15, 0.2) is 0 Å². The lowest BCUT2D eigenvalue weighted by Crippen LogP contribution is -2.37. The zero-order valence-electron chi connectivity index (χ0n) is 7.89. The van der Waals surface area contributed by atoms with Gasteiger partial charge in [-0.2, -0.15) is 8.78 Å². The van der Waals surface area contributed by atoms with Crippen LogP contribution in [0.3, 0.4) is 0 Å². The number of alkyl halides is 4. The van der Waals surface area contributed by atoms with Gasteiger partial charge in [-0.25, -0.2) is 13.2 Å². The highest BCUT2D eigenvalue weighted by molar-refractivity contribution is 5.88. The first kappa shape index (κ1) is 12.6. The molecule has 0 heterocycles. The first-order valence-electron chi connectivity index (χ1n) is 4.28. The number of Topliss-reactive ketones (excluding diaryl/α,β-unsaturated/α-hetero) is 1. The summed E-state index contributed by atoms with van der Waals surface area (Å²) in [6, 6.07) is 4.68. The third-order valence-electron chi connectivity index (χ3n) is 1.95. The van der Waals surface area contributed by atoms with E-state index in [0.29, 0.717) is 0 Å². The minimum atomic E-state index is -4.73. The second kappa shape index (κ2) is 4.59. The predicted octanol–water partition coefficient (Wildman–Crippen LogP) is 2.84. The van der Waals surface area contributed by atoms with Crippen LogP contribution in [-0.4, -0.2) is 18.1 Å². The van der Waals surface area contributed by atoms with Gasteiger partial charge in [-0.15, -0.1) is 0 Å². The Balaban J connectivity index is 2.84. The molecule has 16 heavy (non-hydrogen) atoms. The van der Waals surface area contributed by atoms with Crippen molar-refractivity contribution in [1.82, 2.24) is 0 Å². The highest BCUT2D eigenvalue weighted by Crippen LogP contribution is 2.25. The Hall–Kier alpha value is -1.46. The van der Waals surface area contributed by atoms with Crippen molar-refractivity contribution in [1.29, 1.82) is 0 Å². The molecule has 1 aromatic carbocycles. The molecule has 0 N–H and O–H groups in total. The Morgan fingerprint density at radius 3 is 2.31 bits per heavy atom. The molecule has 0 spiro atoms. The van der Waals surface area contributed by atoms with E-state index in [-0.39, 0.29) is 5.56 Å². The van der Waals surface area contributed by atoms with Gasteiger partial charge in [-0.05, 0) is 11.6 Å². The molecule has 0 bridgehead atoms. The number of ketones is 1. The molecule has 0 aromatic heterocycles. The Kier molecular flexibility index (Phi) is 3.62. The molecule has 0 amide bonds. The molecular weight excluding hydrogens is 231 g/mol. The fraction of sp³-hybridized carbons (Fsp3) is 0.300. The summed E-state index contributed by atoms with van der Waals surface area (Å²) in [7, 11) is 0. The highest BCUT2D eigenvalue weighted by Gasteiger charge is 2.48. The molecule has 0 aliphatic rings. The van der Waals surface area contributed by atoms with E-state index < -0.39 is 30.4 Å². The average molecular weight is 238 g/mol. The normalized spacial score (nSPS) is 11.9. The number of hydrogen-bond acceptors (Lipinski definition) is 1. The number of benzene rings is 1. The van der Waals surface area contributed by atoms with Crippen LogP contribution in [0.5, 0.6) is 0 Å². The molecule has 0 fully saturated rings. The third-order valence-corrected chi connectivity index (χ3v) is 1.95. The van der Waals surface area contributed by atoms with Gasteiger partial charge in [0, 0.05) is 6.42 Å². The van der Waals surface area contributed by atoms with Gasteiger partial charge in [-0.1, -0.05) is 18.2 Å². The second-order valence-corrected chi connectivity index (χ2v) is 3.12. The van der Waals surface area contributed by atoms with Gasteiger partial charge < -0.3 is 0 Å². The SMILES string of the molecule is O=C(Cc1ccccc1F)C(F)(F)C(F)F. The van der Waals surface area contributed by atoms with Crippen LogP contribution in [0.4, 0.5) is 22.0 Å². The lowest BCUT2D eigenvalue weighted by molar-refractivity contribution is -0.166. The molecule has 0 atom stereocenters. The van der Waals surface area contributed by atoms with Crippen LogP contribution >= 0.6 is 0 Å². The van der Waals surface area contributed by atoms with E-state index in [1.54, 1.807) is 0 Å². The van der Waals surface area contributed by atoms with Gasteiger partial charge >= 0.3 is 12.3 Å². The molecule has 0 saturated carbocycles. The fourth-order valence-electron chi connectivity index (χ4n) is 1.05. The number of carbonyl (C=O) groups is 1. The molecule has 0 unspecified atom stereocenters. The molecule has 0 saturated heterocycles. The summed E-state index contributed by atoms with van der Waals surface area (Å²) in [6.07, 6.45) is -5.13. The molecule has 6 heteroatoms. The van der Waals surface area contributed by atoms with Gasteiger partial charge in [0.1, 0.15) is 5.82 Å². The summed E-state index contributed by atoms with van der Waals surface area (Å²) in [4.78, 5) is 10.8. The van der Waals surface area contributed by atoms with E-state index >= 15 is 0 Å². The maximum atomic E-state index is 13.0. The maximum absolute atomic E-state index is 13.0. The van der Waals surface area contributed by atoms with E-state index in [2.05, 4.69) is 0 Å². The Morgan fingerprint density at radius 1 is 1.25 bits per heavy atom. The van der Waals surface area contributed by atoms with Crippen molar-refractivity contribution >= 4 is 5.78 Å². The van der Waals surface area contributed by atoms with Gasteiger partial charge in [0.2, 0.25) is 5.78 Å². The molecular formula is C10H7F5O. The maximum Gasteiger partial charge on any atom is 0.364 e. The minimum Gasteiger partial charge on any atom is -0.292 e. The van der Waals surface area contributed by atoms with Gasteiger partial charge in [-0.3, -0.25) is 4.79 Å². The first-order valence-corrected chi connectivity index (χ1v) is 4.28. The second-order valence-electron chi connectivity index (χ2n) is 3.12. The summed E-state index contributed by atoms with van der Waals surface area (Å²) < 4.78 is 61.6. The smallest absolute Gasteiger partial charge is 0.292 e. The zero-order valence-corrected chi connectivity index (χ0v) is 7.89. The largest absolute Gasteiger partial charge is 0.364 e. The Bertz CT molecular complexity index is 389. The van der Waals surface area contributed by atoms with Crippen LogP contribution in [0.25, 0.3) is 0 Å². The first-order chi connectivity index (χ1) is 7.35. The Labute approximate surface area is 87.9 Å². The quantitative estimate of drug-likeness (QED) is 0.737. The third kappa shape index (κ3) is 2.56. The van der Waals surface area contributed by atoms with Crippen LogP contribution in [0.1, 0.15) is 5.56 Å². The van der Waals surface area contributed by atoms with Gasteiger partial charge in [0.25, 0.3) is 0 Å². The lowest BCUT2D eigenvalue weighted by Gasteiger charge is -2.13. The summed E-state index contributed by atoms with van der Waals surface area (Å²) in [5, 5.41) is 0. The number of rotatable bonds is 4. The fourth-order valence-corrected chi connectivity index (χ4v) is 1.05. The van der Waals surface area contributed by atoms with Crippen molar-refractivity contribution in [2.24, 2.45) is 0 Å². The highest BCUT2D eigenvalue weighted by atomic mass is 19.3. The van der Waals surface area contributed by atoms with E-state index in [1.165, 1.54) is 12.1 Å². The van der Waals surface area contributed by atoms with Gasteiger partial charge in [0.05, 0.1) is 0 Å². The molecule has 1 rings (SSSR count). The minimum absolute atomic E-state index is 0.326. The molecule has 1 aromatic rings. The number of hydrogen-bond donors (Lipinski definition) is 0. The van der Waals surface area contributed by atoms with E-state index in [0.717, 1.165) is 12.1 Å². The molecule has 0 aliphatic heterocycles. The molecule has 0 aliphatic carbocycles. The number of halogens is 5. The van der Waals surface area contributed by atoms with Crippen molar-refractivity contribution in [3.05, 3.63) is 35.6 Å². The summed E-state index contributed by atoms with van der Waals surface area (Å²) in [5.41, 5.74) is -0.326. The summed E-state index contributed by atoms with van der Waals surface area (Å²) >= 11 is 0. The van der Waals surface area contributed by atoms with Crippen molar-refractivity contribution in [3.63, 3.8) is 0 Å². The lowest BCUT2D eigenvalue weighted by atomic mass is 10.0. The van der Waals surface area contributed by atoms with Crippen molar-refractivity contribution < 1.29 is 26.7 Å². The van der Waals surface area contributed by atoms with Crippen LogP contribution in [0.2, 0.25) is 0 Å². The van der Waals surface area contributed by atoms with E-state index in [4.69, 9.17) is 0 Å². The van der Waals surface area contributed by atoms with Crippen molar-refractivity contribution in [3.8, 4) is 0 Å². The van der Waals surface area contributed by atoms with Crippen molar-refractivity contribution in [2.45, 2.75) is 18.8 Å². The molecule has 88 valence electrons. The van der Waals surface area contributed by atoms with Crippen molar-refractivity contribution in [2.75, 3.05) is 0 Å². The monoisotopic (exact) mass is 238 g/mol. The standard InChI is InChI=1S/C10H7F5O/c11-7-4-2-1-3-6(7)5-8(16)10(14,15)9(12)13/h1-4,9H,5H2. The van der Waals surface area contributed by atoms with E-state index in [9.17, 15) is 26.7 Å². The summed E-state index contributed by atoms with van der Waals surface area (Å²) in [6.45, 7) is 0. The predicted molar refractivity (Wildman–Crippen MR) is 46.1 cm³/mol.